The van der Waals surface area contributed by atoms with Crippen LogP contribution in [0.5, 0.6) is 0 Å². The molecule has 0 spiro atoms. The largest absolute Gasteiger partial charge is 0.103 e. The molecule has 0 aromatic carbocycles. The van der Waals surface area contributed by atoms with Crippen LogP contribution in [-0.2, 0) is 0 Å². The predicted molar refractivity (Wildman–Crippen MR) is 71.3 cm³/mol. The van der Waals surface area contributed by atoms with Gasteiger partial charge in [-0.25, -0.2) is 0 Å². The Morgan fingerprint density at radius 2 is 2.06 bits per heavy atom. The van der Waals surface area contributed by atoms with Gasteiger partial charge in [-0.15, -0.1) is 6.58 Å². The van der Waals surface area contributed by atoms with E-state index in [4.69, 9.17) is 0 Å². The summed E-state index contributed by atoms with van der Waals surface area (Å²) < 4.78 is 0. The van der Waals surface area contributed by atoms with E-state index < -0.39 is 0 Å². The minimum absolute atomic E-state index is 0.342. The van der Waals surface area contributed by atoms with Crippen LogP contribution in [0.1, 0.15) is 53.4 Å². The Labute approximate surface area is 101 Å². The van der Waals surface area contributed by atoms with Crippen LogP contribution >= 0.6 is 0 Å². The second kappa shape index (κ2) is 3.75. The average molecular weight is 218 g/mol. The van der Waals surface area contributed by atoms with E-state index in [0.717, 1.165) is 5.92 Å². The molecule has 4 atom stereocenters. The molecule has 0 unspecified atom stereocenters. The molecule has 0 nitrogen and oxygen atoms in total. The minimum atomic E-state index is 0.342. The van der Waals surface area contributed by atoms with Gasteiger partial charge in [-0.05, 0) is 55.3 Å². The highest BCUT2D eigenvalue weighted by Gasteiger charge is 2.53. The summed E-state index contributed by atoms with van der Waals surface area (Å²) in [5.41, 5.74) is 2.40. The number of hydrogen-bond donors (Lipinski definition) is 0. The zero-order chi connectivity index (χ0) is 12.0. The van der Waals surface area contributed by atoms with E-state index in [-0.39, 0.29) is 0 Å². The lowest BCUT2D eigenvalue weighted by molar-refractivity contribution is -0.0399. The summed E-state index contributed by atoms with van der Waals surface area (Å²) in [7, 11) is 0. The van der Waals surface area contributed by atoms with Crippen LogP contribution < -0.4 is 0 Å². The van der Waals surface area contributed by atoms with Crippen LogP contribution in [0, 0.1) is 22.7 Å². The fourth-order valence-corrected chi connectivity index (χ4v) is 4.19. The maximum absolute atomic E-state index is 4.07. The van der Waals surface area contributed by atoms with Crippen LogP contribution in [0.15, 0.2) is 24.3 Å². The lowest BCUT2D eigenvalue weighted by atomic mass is 9.46. The highest BCUT2D eigenvalue weighted by molar-refractivity contribution is 5.22. The van der Waals surface area contributed by atoms with Crippen molar-refractivity contribution in [1.82, 2.24) is 0 Å². The fourth-order valence-electron chi connectivity index (χ4n) is 4.19. The zero-order valence-electron chi connectivity index (χ0n) is 11.3. The van der Waals surface area contributed by atoms with E-state index in [1.54, 1.807) is 5.57 Å². The highest BCUT2D eigenvalue weighted by atomic mass is 14.6. The third kappa shape index (κ3) is 1.42. The van der Waals surface area contributed by atoms with Gasteiger partial charge < -0.3 is 0 Å². The fraction of sp³-hybridized carbons (Fsp3) is 0.750. The maximum Gasteiger partial charge on any atom is -0.00249 e. The van der Waals surface area contributed by atoms with Crippen molar-refractivity contribution >= 4 is 0 Å². The molecule has 90 valence electrons. The SMILES string of the molecule is C=C[C@@H]1CC[C@@H](C)[C@]2(C)CCC(C)=C[C@]12C. The van der Waals surface area contributed by atoms with Crippen molar-refractivity contribution in [3.8, 4) is 0 Å². The third-order valence-electron chi connectivity index (χ3n) is 5.87. The van der Waals surface area contributed by atoms with Gasteiger partial charge >= 0.3 is 0 Å². The molecule has 1 saturated carbocycles. The molecular formula is C16H26. The van der Waals surface area contributed by atoms with Gasteiger partial charge in [-0.3, -0.25) is 0 Å². The summed E-state index contributed by atoms with van der Waals surface area (Å²) in [6.07, 6.45) is 10.1. The van der Waals surface area contributed by atoms with E-state index in [2.05, 4.69) is 46.4 Å². The second-order valence-electron chi connectivity index (χ2n) is 6.51. The molecule has 16 heavy (non-hydrogen) atoms. The Morgan fingerprint density at radius 1 is 1.38 bits per heavy atom. The van der Waals surface area contributed by atoms with Crippen molar-refractivity contribution in [3.63, 3.8) is 0 Å². The summed E-state index contributed by atoms with van der Waals surface area (Å²) in [6.45, 7) is 13.8. The van der Waals surface area contributed by atoms with E-state index in [0.29, 0.717) is 16.7 Å². The van der Waals surface area contributed by atoms with Gasteiger partial charge in [0.25, 0.3) is 0 Å². The molecule has 0 heterocycles. The highest BCUT2D eigenvalue weighted by Crippen LogP contribution is 2.62. The average Bonchev–Trinajstić information content (AvgIpc) is 2.23. The molecule has 2 aliphatic carbocycles. The van der Waals surface area contributed by atoms with Crippen LogP contribution in [0.4, 0.5) is 0 Å². The standard InChI is InChI=1S/C16H26/c1-6-14-8-7-13(3)15(4)10-9-12(2)11-16(14,15)5/h6,11,13-14H,1,7-10H2,2-5H3/t13-,14-,15+,16-/m1/s1. The van der Waals surface area contributed by atoms with Crippen molar-refractivity contribution in [3.05, 3.63) is 24.3 Å². The molecule has 0 aromatic rings. The van der Waals surface area contributed by atoms with Crippen molar-refractivity contribution < 1.29 is 0 Å². The lowest BCUT2D eigenvalue weighted by Gasteiger charge is -2.58. The first-order valence-corrected chi connectivity index (χ1v) is 6.75. The first-order valence-electron chi connectivity index (χ1n) is 6.75. The molecule has 0 amide bonds. The molecule has 2 rings (SSSR count). The van der Waals surface area contributed by atoms with Gasteiger partial charge in [0.1, 0.15) is 0 Å². The quantitative estimate of drug-likeness (QED) is 0.545. The Morgan fingerprint density at radius 3 is 2.69 bits per heavy atom. The Kier molecular flexibility index (Phi) is 2.80. The first-order chi connectivity index (χ1) is 7.44. The second-order valence-corrected chi connectivity index (χ2v) is 6.51. The van der Waals surface area contributed by atoms with E-state index in [9.17, 15) is 0 Å². The summed E-state index contributed by atoms with van der Waals surface area (Å²) in [5, 5.41) is 0. The minimum Gasteiger partial charge on any atom is -0.103 e. The van der Waals surface area contributed by atoms with Crippen molar-refractivity contribution in [2.75, 3.05) is 0 Å². The molecule has 0 saturated heterocycles. The molecule has 0 N–H and O–H groups in total. The predicted octanol–water partition coefficient (Wildman–Crippen LogP) is 4.97. The van der Waals surface area contributed by atoms with Crippen LogP contribution in [-0.4, -0.2) is 0 Å². The van der Waals surface area contributed by atoms with E-state index >= 15 is 0 Å². The molecule has 0 radical (unpaired) electrons. The zero-order valence-corrected chi connectivity index (χ0v) is 11.3. The van der Waals surface area contributed by atoms with Crippen LogP contribution in [0.2, 0.25) is 0 Å². The summed E-state index contributed by atoms with van der Waals surface area (Å²) in [4.78, 5) is 0. The Bertz CT molecular complexity index is 325. The topological polar surface area (TPSA) is 0 Å². The van der Waals surface area contributed by atoms with Crippen LogP contribution in [0.3, 0.4) is 0 Å². The maximum atomic E-state index is 4.07. The molecular weight excluding hydrogens is 192 g/mol. The first kappa shape index (κ1) is 12.0. The van der Waals surface area contributed by atoms with Crippen LogP contribution in [0.25, 0.3) is 0 Å². The smallest absolute Gasteiger partial charge is 0.00249 e. The molecule has 0 aromatic heterocycles. The lowest BCUT2D eigenvalue weighted by Crippen LogP contribution is -2.50. The third-order valence-corrected chi connectivity index (χ3v) is 5.87. The van der Waals surface area contributed by atoms with E-state index in [1.807, 2.05) is 0 Å². The number of allylic oxidation sites excluding steroid dienone is 3. The van der Waals surface area contributed by atoms with Crippen molar-refractivity contribution in [2.45, 2.75) is 53.4 Å². The molecule has 2 aliphatic rings. The van der Waals surface area contributed by atoms with Gasteiger partial charge in [0.15, 0.2) is 0 Å². The van der Waals surface area contributed by atoms with Gasteiger partial charge in [-0.1, -0.05) is 38.5 Å². The summed E-state index contributed by atoms with van der Waals surface area (Å²) in [5.74, 6) is 1.52. The van der Waals surface area contributed by atoms with Gasteiger partial charge in [0.2, 0.25) is 0 Å². The van der Waals surface area contributed by atoms with Crippen molar-refractivity contribution in [1.29, 1.82) is 0 Å². The molecule has 1 fully saturated rings. The Hall–Kier alpha value is -0.520. The molecule has 0 bridgehead atoms. The van der Waals surface area contributed by atoms with E-state index in [1.165, 1.54) is 25.7 Å². The summed E-state index contributed by atoms with van der Waals surface area (Å²) >= 11 is 0. The van der Waals surface area contributed by atoms with Gasteiger partial charge in [0, 0.05) is 0 Å². The number of fused-ring (bicyclic) bond motifs is 1. The number of hydrogen-bond acceptors (Lipinski definition) is 0. The number of rotatable bonds is 1. The normalized spacial score (nSPS) is 48.1. The monoisotopic (exact) mass is 218 g/mol. The Balaban J connectivity index is 2.49. The molecule has 0 aliphatic heterocycles. The molecule has 0 heteroatoms. The van der Waals surface area contributed by atoms with Crippen molar-refractivity contribution in [2.24, 2.45) is 22.7 Å². The summed E-state index contributed by atoms with van der Waals surface area (Å²) in [6, 6.07) is 0. The van der Waals surface area contributed by atoms with Gasteiger partial charge in [-0.2, -0.15) is 0 Å². The van der Waals surface area contributed by atoms with Gasteiger partial charge in [0.05, 0.1) is 0 Å².